The first-order valence-electron chi connectivity index (χ1n) is 12.3. The minimum Gasteiger partial charge on any atom is -0.348 e. The van der Waals surface area contributed by atoms with Crippen LogP contribution in [0.1, 0.15) is 30.8 Å². The number of likely N-dealkylation sites (N-methyl/N-ethyl adjacent to an activating group) is 1. The highest BCUT2D eigenvalue weighted by atomic mass is 16.2. The van der Waals surface area contributed by atoms with E-state index in [-0.39, 0.29) is 29.3 Å². The van der Waals surface area contributed by atoms with E-state index >= 15 is 0 Å². The lowest BCUT2D eigenvalue weighted by atomic mass is 9.75. The number of fused-ring (bicyclic) bond motifs is 2. The normalized spacial score (nSPS) is 24.9. The Labute approximate surface area is 206 Å². The number of para-hydroxylation sites is 2. The Morgan fingerprint density at radius 1 is 1.06 bits per heavy atom. The van der Waals surface area contributed by atoms with Crippen LogP contribution in [0.3, 0.4) is 0 Å². The Morgan fingerprint density at radius 2 is 1.80 bits per heavy atom. The van der Waals surface area contributed by atoms with Crippen molar-refractivity contribution < 1.29 is 9.59 Å². The Morgan fingerprint density at radius 3 is 2.54 bits per heavy atom. The third-order valence-electron chi connectivity index (χ3n) is 7.62. The minimum absolute atomic E-state index is 0.0229. The quantitative estimate of drug-likeness (QED) is 0.572. The Hall–Kier alpha value is -3.23. The van der Waals surface area contributed by atoms with Gasteiger partial charge in [-0.1, -0.05) is 42.5 Å². The molecule has 0 saturated carbocycles. The van der Waals surface area contributed by atoms with Crippen LogP contribution in [0.15, 0.2) is 54.6 Å². The summed E-state index contributed by atoms with van der Waals surface area (Å²) in [7, 11) is 4.10. The number of amides is 2. The van der Waals surface area contributed by atoms with Gasteiger partial charge in [0.05, 0.1) is 29.7 Å². The van der Waals surface area contributed by atoms with E-state index in [1.165, 1.54) is 5.56 Å². The smallest absolute Gasteiger partial charge is 0.234 e. The van der Waals surface area contributed by atoms with Crippen molar-refractivity contribution in [2.45, 2.75) is 31.5 Å². The number of benzene rings is 2. The van der Waals surface area contributed by atoms with Crippen LogP contribution in [0.2, 0.25) is 0 Å². The lowest BCUT2D eigenvalue weighted by Gasteiger charge is -2.45. The molecule has 3 heterocycles. The second kappa shape index (κ2) is 9.43. The maximum Gasteiger partial charge on any atom is 0.234 e. The first-order chi connectivity index (χ1) is 16.9. The van der Waals surface area contributed by atoms with Gasteiger partial charge in [0, 0.05) is 39.0 Å². The lowest BCUT2D eigenvalue weighted by Crippen LogP contribution is -2.64. The molecule has 0 spiro atoms. The molecule has 3 aromatic rings. The molecule has 2 aliphatic heterocycles. The Bertz CT molecular complexity index is 1220. The molecule has 5 rings (SSSR count). The van der Waals surface area contributed by atoms with Gasteiger partial charge in [0.25, 0.3) is 0 Å². The first kappa shape index (κ1) is 23.5. The van der Waals surface area contributed by atoms with Gasteiger partial charge in [0.1, 0.15) is 5.82 Å². The summed E-state index contributed by atoms with van der Waals surface area (Å²) in [5.74, 6) is 1.07. The molecule has 2 aromatic carbocycles. The number of nitrogens with one attached hydrogen (secondary N) is 2. The van der Waals surface area contributed by atoms with E-state index in [0.29, 0.717) is 19.6 Å². The van der Waals surface area contributed by atoms with Gasteiger partial charge in [-0.3, -0.25) is 19.4 Å². The van der Waals surface area contributed by atoms with Crippen molar-refractivity contribution in [3.05, 3.63) is 66.0 Å². The molecule has 2 saturated heterocycles. The summed E-state index contributed by atoms with van der Waals surface area (Å²) >= 11 is 0. The molecular weight excluding hydrogens is 440 g/mol. The number of aryl methyl sites for hydroxylation is 1. The average molecular weight is 475 g/mol. The fraction of sp³-hybridized carbons (Fsp3) is 0.444. The maximum absolute atomic E-state index is 12.9. The summed E-state index contributed by atoms with van der Waals surface area (Å²) in [6, 6.07) is 18.7. The van der Waals surface area contributed by atoms with E-state index < -0.39 is 0 Å². The number of carbonyl (C=O) groups is 2. The largest absolute Gasteiger partial charge is 0.348 e. The third kappa shape index (κ3) is 4.56. The molecule has 8 nitrogen and oxygen atoms in total. The summed E-state index contributed by atoms with van der Waals surface area (Å²) in [4.78, 5) is 34.3. The predicted octanol–water partition coefficient (Wildman–Crippen LogP) is 2.07. The fourth-order valence-electron chi connectivity index (χ4n) is 6.26. The molecule has 1 aromatic heterocycles. The van der Waals surface area contributed by atoms with Gasteiger partial charge < -0.3 is 15.2 Å². The van der Waals surface area contributed by atoms with E-state index in [9.17, 15) is 9.59 Å². The molecule has 2 amide bonds. The van der Waals surface area contributed by atoms with Gasteiger partial charge >= 0.3 is 0 Å². The van der Waals surface area contributed by atoms with Gasteiger partial charge in [0.15, 0.2) is 0 Å². The van der Waals surface area contributed by atoms with E-state index in [1.54, 1.807) is 6.92 Å². The molecule has 8 heteroatoms. The van der Waals surface area contributed by atoms with E-state index in [2.05, 4.69) is 56.7 Å². The van der Waals surface area contributed by atoms with Crippen LogP contribution >= 0.6 is 0 Å². The third-order valence-corrected chi connectivity index (χ3v) is 7.62. The summed E-state index contributed by atoms with van der Waals surface area (Å²) in [5.41, 5.74) is 2.88. The highest BCUT2D eigenvalue weighted by molar-refractivity contribution is 5.79. The van der Waals surface area contributed by atoms with Crippen LogP contribution < -0.4 is 10.6 Å². The van der Waals surface area contributed by atoms with Crippen LogP contribution in [0, 0.1) is 5.92 Å². The second-order valence-electron chi connectivity index (χ2n) is 10.1. The summed E-state index contributed by atoms with van der Waals surface area (Å²) in [5, 5.41) is 6.35. The van der Waals surface area contributed by atoms with Crippen molar-refractivity contribution in [3.63, 3.8) is 0 Å². The summed E-state index contributed by atoms with van der Waals surface area (Å²) < 4.78 is 2.02. The number of nitrogens with zero attached hydrogens (tertiary/aromatic N) is 4. The van der Waals surface area contributed by atoms with Gasteiger partial charge in [-0.05, 0) is 37.7 Å². The molecule has 2 fully saturated rings. The highest BCUT2D eigenvalue weighted by Gasteiger charge is 2.54. The maximum atomic E-state index is 12.9. The molecule has 2 aliphatic rings. The van der Waals surface area contributed by atoms with Gasteiger partial charge in [0.2, 0.25) is 11.8 Å². The van der Waals surface area contributed by atoms with Crippen molar-refractivity contribution in [2.24, 2.45) is 13.0 Å². The number of rotatable bonds is 6. The van der Waals surface area contributed by atoms with E-state index in [4.69, 9.17) is 0 Å². The Balaban J connectivity index is 1.27. The number of aromatic nitrogens is 2. The SMILES string of the molecule is CC(=O)N[C@@]12CN(CC(=O)NCc3nc4ccccc4n3C)CC[C@@H]1[C@@H](c1ccccc1)N(C)C2. The molecule has 0 unspecified atom stereocenters. The zero-order valence-corrected chi connectivity index (χ0v) is 20.7. The molecule has 2 N–H and O–H groups in total. The number of likely N-dealkylation sites (tertiary alicyclic amines) is 2. The van der Waals surface area contributed by atoms with Crippen LogP contribution in [0.25, 0.3) is 11.0 Å². The van der Waals surface area contributed by atoms with Gasteiger partial charge in [-0.15, -0.1) is 0 Å². The standard InChI is InChI=1S/C27H34N6O2/c1-19(34)30-27-17-31(2)26(20-9-5-4-6-10-20)21(27)13-14-33(18-27)16-25(35)28-15-24-29-22-11-7-8-12-23(22)32(24)3/h4-12,21,26H,13-18H2,1-3H3,(H,28,35)(H,30,34)/t21-,26-,27+/m1/s1. The van der Waals surface area contributed by atoms with Crippen molar-refractivity contribution in [3.8, 4) is 0 Å². The van der Waals surface area contributed by atoms with Crippen molar-refractivity contribution in [1.29, 1.82) is 0 Å². The zero-order valence-electron chi connectivity index (χ0n) is 20.7. The molecule has 0 bridgehead atoms. The van der Waals surface area contributed by atoms with Crippen molar-refractivity contribution >= 4 is 22.8 Å². The number of piperidine rings is 1. The highest BCUT2D eigenvalue weighted by Crippen LogP contribution is 2.46. The molecule has 3 atom stereocenters. The van der Waals surface area contributed by atoms with Crippen LogP contribution in [-0.4, -0.2) is 69.9 Å². The molecule has 35 heavy (non-hydrogen) atoms. The van der Waals surface area contributed by atoms with Crippen LogP contribution in [0.5, 0.6) is 0 Å². The van der Waals surface area contributed by atoms with Crippen LogP contribution in [-0.2, 0) is 23.2 Å². The molecule has 184 valence electrons. The van der Waals surface area contributed by atoms with Crippen LogP contribution in [0.4, 0.5) is 0 Å². The van der Waals surface area contributed by atoms with Crippen molar-refractivity contribution in [2.75, 3.05) is 33.2 Å². The number of carbonyl (C=O) groups excluding carboxylic acids is 2. The zero-order chi connectivity index (χ0) is 24.6. The molecular formula is C27H34N6O2. The van der Waals surface area contributed by atoms with E-state index in [0.717, 1.165) is 36.4 Å². The second-order valence-corrected chi connectivity index (χ2v) is 10.1. The first-order valence-corrected chi connectivity index (χ1v) is 12.3. The summed E-state index contributed by atoms with van der Waals surface area (Å²) in [6.07, 6.45) is 0.919. The minimum atomic E-state index is -0.378. The topological polar surface area (TPSA) is 82.5 Å². The lowest BCUT2D eigenvalue weighted by molar-refractivity contribution is -0.124. The number of hydrogen-bond acceptors (Lipinski definition) is 5. The number of imidazole rings is 1. The number of hydrogen-bond donors (Lipinski definition) is 2. The molecule has 0 radical (unpaired) electrons. The van der Waals surface area contributed by atoms with Crippen molar-refractivity contribution in [1.82, 2.24) is 30.0 Å². The fourth-order valence-corrected chi connectivity index (χ4v) is 6.26. The Kier molecular flexibility index (Phi) is 6.34. The average Bonchev–Trinajstić information content (AvgIpc) is 3.30. The van der Waals surface area contributed by atoms with Gasteiger partial charge in [-0.25, -0.2) is 4.98 Å². The summed E-state index contributed by atoms with van der Waals surface area (Å²) in [6.45, 7) is 4.51. The van der Waals surface area contributed by atoms with Gasteiger partial charge in [-0.2, -0.15) is 0 Å². The predicted molar refractivity (Wildman–Crippen MR) is 135 cm³/mol. The monoisotopic (exact) mass is 474 g/mol. The molecule has 0 aliphatic carbocycles. The van der Waals surface area contributed by atoms with E-state index in [1.807, 2.05) is 41.9 Å².